The van der Waals surface area contributed by atoms with Gasteiger partial charge in [-0.05, 0) is 61.1 Å². The van der Waals surface area contributed by atoms with Crippen LogP contribution in [-0.2, 0) is 19.6 Å². The molecule has 0 radical (unpaired) electrons. The third-order valence-electron chi connectivity index (χ3n) is 7.92. The van der Waals surface area contributed by atoms with Crippen molar-refractivity contribution in [2.24, 2.45) is 0 Å². The van der Waals surface area contributed by atoms with Crippen LogP contribution in [0.3, 0.4) is 0 Å². The Bertz CT molecular complexity index is 1270. The van der Waals surface area contributed by atoms with Gasteiger partial charge in [-0.2, -0.15) is 0 Å². The van der Waals surface area contributed by atoms with Crippen LogP contribution in [0.1, 0.15) is 62.1 Å². The average molecular weight is 580 g/mol. The number of piperidine rings is 1. The fourth-order valence-electron chi connectivity index (χ4n) is 5.69. The van der Waals surface area contributed by atoms with E-state index in [2.05, 4.69) is 6.58 Å². The van der Waals surface area contributed by atoms with Crippen molar-refractivity contribution in [2.75, 3.05) is 20.7 Å². The third-order valence-corrected chi connectivity index (χ3v) is 10.7. The first-order valence-electron chi connectivity index (χ1n) is 13.0. The lowest BCUT2D eigenvalue weighted by Gasteiger charge is -2.52. The molecule has 1 saturated carbocycles. The van der Waals surface area contributed by atoms with Gasteiger partial charge in [-0.15, -0.1) is 6.58 Å². The summed E-state index contributed by atoms with van der Waals surface area (Å²) >= 11 is 12.7. The van der Waals surface area contributed by atoms with Gasteiger partial charge in [-0.1, -0.05) is 60.5 Å². The van der Waals surface area contributed by atoms with Gasteiger partial charge < -0.3 is 9.64 Å². The van der Waals surface area contributed by atoms with Gasteiger partial charge >= 0.3 is 0 Å². The summed E-state index contributed by atoms with van der Waals surface area (Å²) in [6.07, 6.45) is 4.39. The molecule has 1 aliphatic heterocycles. The molecule has 1 saturated heterocycles. The summed E-state index contributed by atoms with van der Waals surface area (Å²) in [4.78, 5) is 16.3. The minimum absolute atomic E-state index is 0.165. The Morgan fingerprint density at radius 3 is 2.39 bits per heavy atom. The van der Waals surface area contributed by atoms with E-state index in [0.717, 1.165) is 11.1 Å². The number of nitrogens with zero attached hydrogens (tertiary/aromatic N) is 2. The summed E-state index contributed by atoms with van der Waals surface area (Å²) in [6, 6.07) is 14.4. The molecule has 1 aliphatic carbocycles. The molecule has 38 heavy (non-hydrogen) atoms. The van der Waals surface area contributed by atoms with Crippen molar-refractivity contribution < 1.29 is 17.9 Å². The smallest absolute Gasteiger partial charge is 0.255 e. The van der Waals surface area contributed by atoms with Gasteiger partial charge in [-0.3, -0.25) is 4.79 Å². The van der Waals surface area contributed by atoms with Gasteiger partial charge in [0.2, 0.25) is 10.0 Å². The second-order valence-corrected chi connectivity index (χ2v) is 13.5. The SMILES string of the molecule is C=CC[C@@]1(OC)C[C@H](c2cccc(Cl)c2)[C@@H](c2ccc(Cl)cc2)N([C@H](CC)CN(C)S(=O)(=O)C2CC2)C1=O. The molecule has 2 aromatic carbocycles. The number of likely N-dealkylation sites (tertiary alicyclic amines) is 1. The Kier molecular flexibility index (Phi) is 8.95. The number of carbonyl (C=O) groups excluding carboxylic acids is 1. The highest BCUT2D eigenvalue weighted by atomic mass is 35.5. The number of hydrogen-bond donors (Lipinski definition) is 0. The number of carbonyl (C=O) groups is 1. The molecule has 2 fully saturated rings. The van der Waals surface area contributed by atoms with Crippen molar-refractivity contribution in [1.29, 1.82) is 0 Å². The predicted molar refractivity (Wildman–Crippen MR) is 153 cm³/mol. The van der Waals surface area contributed by atoms with Crippen LogP contribution in [0.25, 0.3) is 0 Å². The lowest BCUT2D eigenvalue weighted by atomic mass is 9.72. The molecule has 0 bridgehead atoms. The Morgan fingerprint density at radius 1 is 1.16 bits per heavy atom. The van der Waals surface area contributed by atoms with Crippen molar-refractivity contribution in [1.82, 2.24) is 9.21 Å². The summed E-state index contributed by atoms with van der Waals surface area (Å²) in [7, 11) is -0.245. The van der Waals surface area contributed by atoms with Crippen molar-refractivity contribution in [3.8, 4) is 0 Å². The van der Waals surface area contributed by atoms with Crippen LogP contribution < -0.4 is 0 Å². The van der Waals surface area contributed by atoms with Gasteiger partial charge in [0.1, 0.15) is 0 Å². The molecule has 0 aromatic heterocycles. The highest BCUT2D eigenvalue weighted by Crippen LogP contribution is 2.50. The van der Waals surface area contributed by atoms with Gasteiger partial charge in [0.25, 0.3) is 5.91 Å². The molecule has 4 atom stereocenters. The second kappa shape index (κ2) is 11.7. The second-order valence-electron chi connectivity index (χ2n) is 10.4. The molecule has 0 unspecified atom stereocenters. The zero-order valence-electron chi connectivity index (χ0n) is 22.1. The fraction of sp³-hybridized carbons (Fsp3) is 0.483. The number of amides is 1. The number of hydrogen-bond acceptors (Lipinski definition) is 4. The lowest BCUT2D eigenvalue weighted by Crippen LogP contribution is -2.62. The Hall–Kier alpha value is -1.90. The summed E-state index contributed by atoms with van der Waals surface area (Å²) in [5.74, 6) is -0.339. The van der Waals surface area contributed by atoms with E-state index in [4.69, 9.17) is 27.9 Å². The first kappa shape index (κ1) is 29.1. The van der Waals surface area contributed by atoms with Crippen LogP contribution in [0.2, 0.25) is 10.0 Å². The van der Waals surface area contributed by atoms with Crippen molar-refractivity contribution in [3.05, 3.63) is 82.4 Å². The van der Waals surface area contributed by atoms with Crippen molar-refractivity contribution in [2.45, 2.75) is 67.9 Å². The maximum atomic E-state index is 14.5. The quantitative estimate of drug-likeness (QED) is 0.297. The largest absolute Gasteiger partial charge is 0.368 e. The lowest BCUT2D eigenvalue weighted by molar-refractivity contribution is -0.172. The van der Waals surface area contributed by atoms with Crippen LogP contribution in [-0.4, -0.2) is 61.1 Å². The molecule has 9 heteroatoms. The van der Waals surface area contributed by atoms with Crippen molar-refractivity contribution >= 4 is 39.1 Å². The molecule has 1 heterocycles. The molecule has 206 valence electrons. The topological polar surface area (TPSA) is 66.9 Å². The highest BCUT2D eigenvalue weighted by Gasteiger charge is 2.54. The van der Waals surface area contributed by atoms with Gasteiger partial charge in [0.05, 0.1) is 11.3 Å². The van der Waals surface area contributed by atoms with Gasteiger partial charge in [-0.25, -0.2) is 12.7 Å². The molecular weight excluding hydrogens is 543 g/mol. The number of halogens is 2. The van der Waals surface area contributed by atoms with E-state index in [1.165, 1.54) is 4.31 Å². The maximum absolute atomic E-state index is 14.5. The zero-order chi connectivity index (χ0) is 27.7. The Balaban J connectivity index is 1.87. The normalized spacial score (nSPS) is 25.0. The van der Waals surface area contributed by atoms with E-state index < -0.39 is 15.6 Å². The summed E-state index contributed by atoms with van der Waals surface area (Å²) < 4.78 is 33.6. The number of methoxy groups -OCH3 is 1. The number of sulfonamides is 1. The molecule has 2 aliphatic rings. The van der Waals surface area contributed by atoms with E-state index in [-0.39, 0.29) is 35.7 Å². The monoisotopic (exact) mass is 578 g/mol. The van der Waals surface area contributed by atoms with E-state index in [9.17, 15) is 13.2 Å². The fourth-order valence-corrected chi connectivity index (χ4v) is 7.63. The minimum atomic E-state index is -3.42. The van der Waals surface area contributed by atoms with Crippen LogP contribution in [0.15, 0.2) is 61.2 Å². The molecule has 6 nitrogen and oxygen atoms in total. The van der Waals surface area contributed by atoms with E-state index in [1.54, 1.807) is 20.2 Å². The maximum Gasteiger partial charge on any atom is 0.255 e. The minimum Gasteiger partial charge on any atom is -0.368 e. The van der Waals surface area contributed by atoms with E-state index >= 15 is 0 Å². The van der Waals surface area contributed by atoms with Crippen LogP contribution in [0, 0.1) is 0 Å². The van der Waals surface area contributed by atoms with Crippen LogP contribution in [0.4, 0.5) is 0 Å². The average Bonchev–Trinajstić information content (AvgIpc) is 3.75. The zero-order valence-corrected chi connectivity index (χ0v) is 24.5. The molecular formula is C29H36Cl2N2O4S. The summed E-state index contributed by atoms with van der Waals surface area (Å²) in [5, 5.41) is 0.879. The summed E-state index contributed by atoms with van der Waals surface area (Å²) in [5.41, 5.74) is 0.760. The highest BCUT2D eigenvalue weighted by molar-refractivity contribution is 7.90. The van der Waals surface area contributed by atoms with E-state index in [1.807, 2.05) is 60.4 Å². The number of ether oxygens (including phenoxy) is 1. The Labute approximate surface area is 236 Å². The molecule has 2 aromatic rings. The molecule has 0 spiro atoms. The molecule has 4 rings (SSSR count). The Morgan fingerprint density at radius 2 is 1.84 bits per heavy atom. The first-order valence-corrected chi connectivity index (χ1v) is 15.3. The molecule has 0 N–H and O–H groups in total. The predicted octanol–water partition coefficient (Wildman–Crippen LogP) is 6.21. The number of rotatable bonds is 11. The van der Waals surface area contributed by atoms with Gasteiger partial charge in [0, 0.05) is 49.1 Å². The molecule has 1 amide bonds. The van der Waals surface area contributed by atoms with Gasteiger partial charge in [0.15, 0.2) is 5.60 Å². The number of likely N-dealkylation sites (N-methyl/N-ethyl adjacent to an activating group) is 1. The number of benzene rings is 2. The summed E-state index contributed by atoms with van der Waals surface area (Å²) in [6.45, 7) is 6.09. The van der Waals surface area contributed by atoms with E-state index in [0.29, 0.717) is 42.1 Å². The first-order chi connectivity index (χ1) is 18.1. The van der Waals surface area contributed by atoms with Crippen molar-refractivity contribution in [3.63, 3.8) is 0 Å². The van der Waals surface area contributed by atoms with Crippen LogP contribution >= 0.6 is 23.2 Å². The third kappa shape index (κ3) is 5.68. The standard InChI is InChI=1S/C29H36Cl2N2O4S/c1-5-16-29(37-4)18-26(21-8-7-9-23(31)17-21)27(20-10-12-22(30)13-11-20)33(28(29)34)24(6-2)19-32(3)38(35,36)25-14-15-25/h5,7-13,17,24-27H,1,6,14-16,18-19H2,2-4H3/t24-,26-,27-,29-/m1/s1. The van der Waals surface area contributed by atoms with Crippen LogP contribution in [0.5, 0.6) is 0 Å².